The third-order valence-electron chi connectivity index (χ3n) is 5.72. The number of nitrogens with one attached hydrogen (secondary N) is 1. The second-order valence-electron chi connectivity index (χ2n) is 7.87. The molecule has 3 aromatic rings. The van der Waals surface area contributed by atoms with Gasteiger partial charge in [-0.2, -0.15) is 0 Å². The summed E-state index contributed by atoms with van der Waals surface area (Å²) in [4.78, 5) is 35.0. The molecule has 1 heterocycles. The molecule has 3 unspecified atom stereocenters. The Hall–Kier alpha value is -3.42. The zero-order valence-corrected chi connectivity index (χ0v) is 16.6. The van der Waals surface area contributed by atoms with Crippen LogP contribution >= 0.6 is 0 Å². The second kappa shape index (κ2) is 8.14. The number of rotatable bonds is 8. The summed E-state index contributed by atoms with van der Waals surface area (Å²) in [6.45, 7) is 2.49. The number of benzene rings is 2. The molecular weight excluding hydrogens is 386 g/mol. The van der Waals surface area contributed by atoms with Crippen molar-refractivity contribution in [3.8, 4) is 0 Å². The minimum Gasteiger partial charge on any atom is -0.407 e. The van der Waals surface area contributed by atoms with E-state index in [2.05, 4.69) is 12.2 Å². The van der Waals surface area contributed by atoms with Crippen LogP contribution in [0.1, 0.15) is 37.8 Å². The fourth-order valence-corrected chi connectivity index (χ4v) is 3.94. The van der Waals surface area contributed by atoms with E-state index in [1.54, 1.807) is 0 Å². The Morgan fingerprint density at radius 3 is 2.70 bits per heavy atom. The van der Waals surface area contributed by atoms with Crippen LogP contribution in [0.15, 0.2) is 57.7 Å². The highest BCUT2D eigenvalue weighted by molar-refractivity contribution is 5.77. The number of fused-ring (bicyclic) bond motifs is 1. The summed E-state index contributed by atoms with van der Waals surface area (Å²) in [7, 11) is 0. The van der Waals surface area contributed by atoms with Gasteiger partial charge in [0.1, 0.15) is 0 Å². The Labute approximate surface area is 172 Å². The SMILES string of the molecule is CC1CC1C(NC(=O)CCCn1c(=O)oc2cc([N+](=O)[O-])ccc21)c1ccccc1. The van der Waals surface area contributed by atoms with Gasteiger partial charge in [-0.3, -0.25) is 19.5 Å². The first-order chi connectivity index (χ1) is 14.4. The zero-order chi connectivity index (χ0) is 21.3. The number of non-ortho nitro benzene ring substituents is 1. The van der Waals surface area contributed by atoms with Crippen molar-refractivity contribution < 1.29 is 14.1 Å². The molecule has 1 amide bonds. The molecule has 1 saturated carbocycles. The summed E-state index contributed by atoms with van der Waals surface area (Å²) in [5.74, 6) is 0.405. The molecule has 1 N–H and O–H groups in total. The predicted molar refractivity (Wildman–Crippen MR) is 111 cm³/mol. The molecule has 3 atom stereocenters. The van der Waals surface area contributed by atoms with Crippen LogP contribution in [0.4, 0.5) is 5.69 Å². The lowest BCUT2D eigenvalue weighted by molar-refractivity contribution is -0.384. The Balaban J connectivity index is 1.39. The maximum Gasteiger partial charge on any atom is 0.419 e. The number of nitrogens with zero attached hydrogens (tertiary/aromatic N) is 2. The van der Waals surface area contributed by atoms with E-state index >= 15 is 0 Å². The molecular formula is C22H23N3O5. The lowest BCUT2D eigenvalue weighted by Crippen LogP contribution is -2.30. The van der Waals surface area contributed by atoms with Crippen molar-refractivity contribution in [2.45, 2.75) is 38.8 Å². The molecule has 2 aromatic carbocycles. The van der Waals surface area contributed by atoms with Crippen LogP contribution < -0.4 is 11.1 Å². The largest absolute Gasteiger partial charge is 0.419 e. The molecule has 0 aliphatic heterocycles. The van der Waals surface area contributed by atoms with Crippen molar-refractivity contribution >= 4 is 22.7 Å². The summed E-state index contributed by atoms with van der Waals surface area (Å²) in [6.07, 6.45) is 1.83. The first kappa shape index (κ1) is 19.9. The standard InChI is InChI=1S/C22H23N3O5/c1-14-12-17(14)21(15-6-3-2-4-7-15)23-20(26)8-5-11-24-18-10-9-16(25(28)29)13-19(18)30-22(24)27/h2-4,6-7,9-10,13-14,17,21H,5,8,11-12H2,1H3,(H,23,26). The van der Waals surface area contributed by atoms with Crippen LogP contribution in [-0.2, 0) is 11.3 Å². The van der Waals surface area contributed by atoms with E-state index in [-0.39, 0.29) is 29.6 Å². The van der Waals surface area contributed by atoms with E-state index in [1.807, 2.05) is 30.3 Å². The van der Waals surface area contributed by atoms with Crippen LogP contribution in [0.3, 0.4) is 0 Å². The molecule has 0 saturated heterocycles. The second-order valence-corrected chi connectivity index (χ2v) is 7.87. The molecule has 0 radical (unpaired) electrons. The number of aryl methyl sites for hydroxylation is 1. The van der Waals surface area contributed by atoms with Crippen LogP contribution in [0.5, 0.6) is 0 Å². The first-order valence-corrected chi connectivity index (χ1v) is 10.1. The van der Waals surface area contributed by atoms with Gasteiger partial charge in [-0.05, 0) is 36.3 Å². The number of aromatic nitrogens is 1. The smallest absolute Gasteiger partial charge is 0.407 e. The third-order valence-corrected chi connectivity index (χ3v) is 5.72. The van der Waals surface area contributed by atoms with Crippen molar-refractivity contribution in [1.82, 2.24) is 9.88 Å². The number of carbonyl (C=O) groups excluding carboxylic acids is 1. The monoisotopic (exact) mass is 409 g/mol. The molecule has 1 aromatic heterocycles. The maximum absolute atomic E-state index is 12.6. The topological polar surface area (TPSA) is 107 Å². The number of hydrogen-bond donors (Lipinski definition) is 1. The van der Waals surface area contributed by atoms with Crippen molar-refractivity contribution in [3.63, 3.8) is 0 Å². The van der Waals surface area contributed by atoms with Gasteiger partial charge in [0.25, 0.3) is 5.69 Å². The van der Waals surface area contributed by atoms with Gasteiger partial charge < -0.3 is 9.73 Å². The average Bonchev–Trinajstić information content (AvgIpc) is 3.37. The Morgan fingerprint density at radius 1 is 1.30 bits per heavy atom. The van der Waals surface area contributed by atoms with Crippen LogP contribution in [0.25, 0.3) is 11.1 Å². The van der Waals surface area contributed by atoms with Gasteiger partial charge >= 0.3 is 5.76 Å². The van der Waals surface area contributed by atoms with Crippen LogP contribution in [0, 0.1) is 22.0 Å². The minimum atomic E-state index is -0.583. The molecule has 1 fully saturated rings. The maximum atomic E-state index is 12.6. The Bertz CT molecular complexity index is 1130. The Morgan fingerprint density at radius 2 is 2.03 bits per heavy atom. The van der Waals surface area contributed by atoms with Gasteiger partial charge in [0.05, 0.1) is 22.5 Å². The normalized spacial score (nSPS) is 18.8. The molecule has 156 valence electrons. The van der Waals surface area contributed by atoms with Crippen LogP contribution in [0.2, 0.25) is 0 Å². The van der Waals surface area contributed by atoms with E-state index in [9.17, 15) is 19.7 Å². The number of amides is 1. The lowest BCUT2D eigenvalue weighted by Gasteiger charge is -2.19. The van der Waals surface area contributed by atoms with Gasteiger partial charge in [-0.25, -0.2) is 4.79 Å². The molecule has 1 aliphatic rings. The Kier molecular flexibility index (Phi) is 5.39. The molecule has 4 rings (SSSR count). The predicted octanol–water partition coefficient (Wildman–Crippen LogP) is 3.80. The summed E-state index contributed by atoms with van der Waals surface area (Å²) < 4.78 is 6.53. The number of nitro groups is 1. The summed E-state index contributed by atoms with van der Waals surface area (Å²) in [5, 5.41) is 14.0. The quantitative estimate of drug-likeness (QED) is 0.450. The summed E-state index contributed by atoms with van der Waals surface area (Å²) >= 11 is 0. The summed E-state index contributed by atoms with van der Waals surface area (Å²) in [6, 6.07) is 14.1. The third kappa shape index (κ3) is 4.12. The number of nitro benzene ring substituents is 1. The van der Waals surface area contributed by atoms with Gasteiger partial charge in [-0.15, -0.1) is 0 Å². The average molecular weight is 409 g/mol. The highest BCUT2D eigenvalue weighted by Gasteiger charge is 2.40. The summed E-state index contributed by atoms with van der Waals surface area (Å²) in [5.41, 5.74) is 1.63. The zero-order valence-electron chi connectivity index (χ0n) is 16.6. The molecule has 8 nitrogen and oxygen atoms in total. The molecule has 30 heavy (non-hydrogen) atoms. The van der Waals surface area contributed by atoms with Gasteiger partial charge in [-0.1, -0.05) is 37.3 Å². The van der Waals surface area contributed by atoms with Crippen LogP contribution in [-0.4, -0.2) is 15.4 Å². The fraction of sp³-hybridized carbons (Fsp3) is 0.364. The van der Waals surface area contributed by atoms with Gasteiger partial charge in [0, 0.05) is 19.0 Å². The van der Waals surface area contributed by atoms with E-state index in [1.165, 1.54) is 22.8 Å². The molecule has 1 aliphatic carbocycles. The van der Waals surface area contributed by atoms with E-state index in [0.717, 1.165) is 12.0 Å². The van der Waals surface area contributed by atoms with Gasteiger partial charge in [0.2, 0.25) is 5.91 Å². The molecule has 8 heteroatoms. The van der Waals surface area contributed by atoms with Crippen molar-refractivity contribution in [2.75, 3.05) is 0 Å². The first-order valence-electron chi connectivity index (χ1n) is 10.1. The van der Waals surface area contributed by atoms with Crippen molar-refractivity contribution in [1.29, 1.82) is 0 Å². The van der Waals surface area contributed by atoms with E-state index < -0.39 is 10.7 Å². The molecule has 0 spiro atoms. The van der Waals surface area contributed by atoms with Gasteiger partial charge in [0.15, 0.2) is 5.58 Å². The lowest BCUT2D eigenvalue weighted by atomic mass is 10.0. The van der Waals surface area contributed by atoms with E-state index in [0.29, 0.717) is 30.3 Å². The number of oxazole rings is 1. The van der Waals surface area contributed by atoms with E-state index in [4.69, 9.17) is 4.42 Å². The fourth-order valence-electron chi connectivity index (χ4n) is 3.94. The molecule has 0 bridgehead atoms. The minimum absolute atomic E-state index is 0.00623. The highest BCUT2D eigenvalue weighted by Crippen LogP contribution is 2.46. The number of hydrogen-bond acceptors (Lipinski definition) is 5. The van der Waals surface area contributed by atoms with Crippen molar-refractivity contribution in [2.24, 2.45) is 11.8 Å². The van der Waals surface area contributed by atoms with Crippen molar-refractivity contribution in [3.05, 3.63) is 74.8 Å². The highest BCUT2D eigenvalue weighted by atomic mass is 16.6. The number of carbonyl (C=O) groups is 1.